The molecule has 5 heterocycles. The molecule has 1 aliphatic rings. The Morgan fingerprint density at radius 3 is 2.85 bits per heavy atom. The van der Waals surface area contributed by atoms with E-state index >= 15 is 0 Å². The average Bonchev–Trinajstić information content (AvgIpc) is 3.61. The van der Waals surface area contributed by atoms with Gasteiger partial charge in [0.1, 0.15) is 17.7 Å². The molecule has 0 amide bonds. The van der Waals surface area contributed by atoms with Gasteiger partial charge in [0.05, 0.1) is 36.5 Å². The summed E-state index contributed by atoms with van der Waals surface area (Å²) >= 11 is 1.61. The molecule has 11 nitrogen and oxygen atoms in total. The lowest BCUT2D eigenvalue weighted by molar-refractivity contribution is 0.0699. The summed E-state index contributed by atoms with van der Waals surface area (Å²) in [6, 6.07) is 7.06. The van der Waals surface area contributed by atoms with Crippen LogP contribution in [0.4, 0.5) is 11.8 Å². The minimum atomic E-state index is -1.01. The minimum Gasteiger partial charge on any atom is -0.478 e. The second-order valence-corrected chi connectivity index (χ2v) is 8.56. The van der Waals surface area contributed by atoms with E-state index in [1.807, 2.05) is 21.4 Å². The molecule has 1 aliphatic heterocycles. The van der Waals surface area contributed by atoms with Crippen molar-refractivity contribution in [3.63, 3.8) is 0 Å². The third-order valence-electron chi connectivity index (χ3n) is 5.68. The highest BCUT2D eigenvalue weighted by atomic mass is 32.1. The fourth-order valence-corrected chi connectivity index (χ4v) is 4.63. The van der Waals surface area contributed by atoms with Gasteiger partial charge in [-0.25, -0.2) is 14.8 Å². The molecule has 1 fully saturated rings. The zero-order chi connectivity index (χ0) is 23.1. The average molecular weight is 477 g/mol. The highest BCUT2D eigenvalue weighted by Gasteiger charge is 2.20. The number of para-hydroxylation sites is 1. The lowest BCUT2D eigenvalue weighted by Crippen LogP contribution is -2.37. The van der Waals surface area contributed by atoms with Gasteiger partial charge in [0.15, 0.2) is 17.0 Å². The Balaban J connectivity index is 1.38. The fourth-order valence-electron chi connectivity index (χ4n) is 4.01. The van der Waals surface area contributed by atoms with E-state index in [1.165, 1.54) is 0 Å². The maximum atomic E-state index is 11.5. The second kappa shape index (κ2) is 8.39. The number of carbonyl (C=O) groups is 1. The van der Waals surface area contributed by atoms with Gasteiger partial charge in [-0.15, -0.1) is 0 Å². The highest BCUT2D eigenvalue weighted by Crippen LogP contribution is 2.27. The molecule has 0 atom stereocenters. The largest absolute Gasteiger partial charge is 0.478 e. The number of anilines is 2. The van der Waals surface area contributed by atoms with Gasteiger partial charge in [0, 0.05) is 18.5 Å². The highest BCUT2D eigenvalue weighted by molar-refractivity contribution is 7.08. The first-order chi connectivity index (χ1) is 16.7. The number of nitrogens with zero attached hydrogens (tertiary/aromatic N) is 6. The number of nitrogens with one attached hydrogen (secondary N) is 2. The van der Waals surface area contributed by atoms with Crippen molar-refractivity contribution in [1.29, 1.82) is 0 Å². The number of imidazole rings is 2. The predicted octanol–water partition coefficient (Wildman–Crippen LogP) is 2.90. The number of aromatic nitrogens is 6. The van der Waals surface area contributed by atoms with Crippen molar-refractivity contribution in [3.8, 4) is 5.69 Å². The van der Waals surface area contributed by atoms with Crippen LogP contribution in [-0.4, -0.2) is 66.9 Å². The molecule has 6 rings (SSSR count). The smallest absolute Gasteiger partial charge is 0.337 e. The van der Waals surface area contributed by atoms with Crippen LogP contribution in [0.2, 0.25) is 0 Å². The van der Waals surface area contributed by atoms with Crippen molar-refractivity contribution in [1.82, 2.24) is 29.5 Å². The van der Waals surface area contributed by atoms with E-state index in [-0.39, 0.29) is 5.56 Å². The Labute approximate surface area is 197 Å². The third kappa shape index (κ3) is 3.62. The maximum absolute atomic E-state index is 11.5. The molecule has 1 aromatic carbocycles. The Hall–Kier alpha value is -4.03. The number of hydrogen-bond donors (Lipinski definition) is 3. The molecule has 34 heavy (non-hydrogen) atoms. The molecule has 0 aliphatic carbocycles. The number of H-pyrrole nitrogens is 1. The number of ether oxygens (including phenoxy) is 1. The van der Waals surface area contributed by atoms with Crippen LogP contribution in [0.1, 0.15) is 16.2 Å². The van der Waals surface area contributed by atoms with E-state index in [0.29, 0.717) is 72.6 Å². The summed E-state index contributed by atoms with van der Waals surface area (Å²) < 4.78 is 7.43. The van der Waals surface area contributed by atoms with Crippen molar-refractivity contribution in [2.75, 3.05) is 36.5 Å². The first kappa shape index (κ1) is 20.6. The zero-order valence-corrected chi connectivity index (χ0v) is 18.7. The molecule has 1 saturated heterocycles. The zero-order valence-electron chi connectivity index (χ0n) is 17.9. The number of benzene rings is 1. The number of hydrogen-bond acceptors (Lipinski definition) is 9. The third-order valence-corrected chi connectivity index (χ3v) is 6.35. The van der Waals surface area contributed by atoms with Crippen molar-refractivity contribution in [2.45, 2.75) is 6.54 Å². The summed E-state index contributed by atoms with van der Waals surface area (Å²) in [6.07, 6.45) is 1.75. The van der Waals surface area contributed by atoms with Crippen LogP contribution in [0.25, 0.3) is 27.9 Å². The van der Waals surface area contributed by atoms with Gasteiger partial charge in [-0.2, -0.15) is 21.3 Å². The van der Waals surface area contributed by atoms with Crippen molar-refractivity contribution in [2.24, 2.45) is 0 Å². The topological polar surface area (TPSA) is 134 Å². The molecule has 172 valence electrons. The number of thiophene rings is 1. The Bertz CT molecular complexity index is 1490. The molecule has 12 heteroatoms. The summed E-state index contributed by atoms with van der Waals surface area (Å²) in [5.74, 6) is 0.774. The van der Waals surface area contributed by atoms with E-state index in [1.54, 1.807) is 35.9 Å². The number of aromatic amines is 1. The van der Waals surface area contributed by atoms with Gasteiger partial charge in [0.2, 0.25) is 5.95 Å². The van der Waals surface area contributed by atoms with Crippen LogP contribution in [0.15, 0.2) is 41.4 Å². The molecule has 3 N–H and O–H groups in total. The van der Waals surface area contributed by atoms with Gasteiger partial charge < -0.3 is 25.0 Å². The van der Waals surface area contributed by atoms with Gasteiger partial charge in [-0.05, 0) is 23.6 Å². The Morgan fingerprint density at radius 1 is 1.18 bits per heavy atom. The monoisotopic (exact) mass is 476 g/mol. The molecule has 0 saturated carbocycles. The molecule has 4 aromatic heterocycles. The van der Waals surface area contributed by atoms with Crippen LogP contribution in [-0.2, 0) is 11.3 Å². The summed E-state index contributed by atoms with van der Waals surface area (Å²) in [7, 11) is 0. The van der Waals surface area contributed by atoms with Gasteiger partial charge in [0.25, 0.3) is 0 Å². The SMILES string of the molecule is O=C(O)c1cccc2[nH]c(CNc3nc(N4CCOCC4)nc4c3ncn4-c3ccsc3)nc12. The van der Waals surface area contributed by atoms with Crippen LogP contribution in [0.3, 0.4) is 0 Å². The van der Waals surface area contributed by atoms with Crippen molar-refractivity contribution in [3.05, 3.63) is 52.7 Å². The van der Waals surface area contributed by atoms with E-state index in [0.717, 1.165) is 5.69 Å². The van der Waals surface area contributed by atoms with Gasteiger partial charge in [-0.3, -0.25) is 4.57 Å². The van der Waals surface area contributed by atoms with Crippen molar-refractivity contribution < 1.29 is 14.6 Å². The second-order valence-electron chi connectivity index (χ2n) is 7.78. The van der Waals surface area contributed by atoms with E-state index in [4.69, 9.17) is 14.7 Å². The molecular formula is C22H20N8O3S. The van der Waals surface area contributed by atoms with Crippen LogP contribution in [0, 0.1) is 0 Å². The molecule has 0 radical (unpaired) electrons. The summed E-state index contributed by atoms with van der Waals surface area (Å²) in [5, 5.41) is 16.8. The molecule has 0 unspecified atom stereocenters. The number of rotatable bonds is 6. The standard InChI is InChI=1S/C22H20N8O3S/c31-21(32)14-2-1-3-15-17(14)26-16(25-15)10-23-19-18-20(30(12-24-18)13-4-9-34-11-13)28-22(27-19)29-5-7-33-8-6-29/h1-4,9,11-12H,5-8,10H2,(H,25,26)(H,31,32)(H,23,27,28). The van der Waals surface area contributed by atoms with Crippen LogP contribution >= 0.6 is 11.3 Å². The minimum absolute atomic E-state index is 0.161. The predicted molar refractivity (Wildman–Crippen MR) is 128 cm³/mol. The van der Waals surface area contributed by atoms with Crippen LogP contribution in [0.5, 0.6) is 0 Å². The number of morpholine rings is 1. The number of carboxylic acid groups (broad SMARTS) is 1. The van der Waals surface area contributed by atoms with E-state index < -0.39 is 5.97 Å². The quantitative estimate of drug-likeness (QED) is 0.338. The Kier molecular flexibility index (Phi) is 5.08. The fraction of sp³-hybridized carbons (Fsp3) is 0.227. The summed E-state index contributed by atoms with van der Waals surface area (Å²) in [4.78, 5) is 35.5. The summed E-state index contributed by atoms with van der Waals surface area (Å²) in [6.45, 7) is 2.98. The van der Waals surface area contributed by atoms with Crippen LogP contribution < -0.4 is 10.2 Å². The molecule has 0 bridgehead atoms. The van der Waals surface area contributed by atoms with E-state index in [2.05, 4.69) is 25.2 Å². The molecule has 0 spiro atoms. The normalized spacial score (nSPS) is 14.2. The first-order valence-electron chi connectivity index (χ1n) is 10.7. The number of fused-ring (bicyclic) bond motifs is 2. The molecular weight excluding hydrogens is 456 g/mol. The molecule has 5 aromatic rings. The lowest BCUT2D eigenvalue weighted by atomic mass is 10.2. The lowest BCUT2D eigenvalue weighted by Gasteiger charge is -2.27. The summed E-state index contributed by atoms with van der Waals surface area (Å²) in [5.41, 5.74) is 3.59. The van der Waals surface area contributed by atoms with E-state index in [9.17, 15) is 9.90 Å². The Morgan fingerprint density at radius 2 is 2.06 bits per heavy atom. The maximum Gasteiger partial charge on any atom is 0.337 e. The first-order valence-corrected chi connectivity index (χ1v) is 11.7. The van der Waals surface area contributed by atoms with Crippen molar-refractivity contribution >= 4 is 51.3 Å². The number of aromatic carboxylic acids is 1. The van der Waals surface area contributed by atoms with Gasteiger partial charge >= 0.3 is 5.97 Å². The number of carboxylic acids is 1. The van der Waals surface area contributed by atoms with Gasteiger partial charge in [-0.1, -0.05) is 6.07 Å².